The molecule has 1 saturated heterocycles. The summed E-state index contributed by atoms with van der Waals surface area (Å²) in [5.74, 6) is -1.87. The highest BCUT2D eigenvalue weighted by Gasteiger charge is 2.51. The first kappa shape index (κ1) is 11.8. The predicted molar refractivity (Wildman–Crippen MR) is 57.6 cm³/mol. The van der Waals surface area contributed by atoms with Crippen molar-refractivity contribution in [1.82, 2.24) is 5.32 Å². The summed E-state index contributed by atoms with van der Waals surface area (Å²) in [5.41, 5.74) is -0.119. The van der Waals surface area contributed by atoms with Crippen LogP contribution in [-0.4, -0.2) is 31.6 Å². The molecule has 3 atom stereocenters. The van der Waals surface area contributed by atoms with E-state index in [1.807, 2.05) is 0 Å². The van der Waals surface area contributed by atoms with Gasteiger partial charge in [-0.05, 0) is 31.1 Å². The van der Waals surface area contributed by atoms with Gasteiger partial charge in [-0.15, -0.1) is 0 Å². The maximum Gasteiger partial charge on any atom is 0.248 e. The van der Waals surface area contributed by atoms with E-state index < -0.39 is 5.92 Å². The second-order valence-electron chi connectivity index (χ2n) is 5.80. The fourth-order valence-corrected chi connectivity index (χ4v) is 3.73. The van der Waals surface area contributed by atoms with Gasteiger partial charge in [0.2, 0.25) is 5.92 Å². The van der Waals surface area contributed by atoms with E-state index in [0.717, 1.165) is 12.8 Å². The summed E-state index contributed by atoms with van der Waals surface area (Å²) in [7, 11) is 0. The van der Waals surface area contributed by atoms with E-state index in [2.05, 4.69) is 5.32 Å². The van der Waals surface area contributed by atoms with E-state index in [0.29, 0.717) is 32.5 Å². The summed E-state index contributed by atoms with van der Waals surface area (Å²) in [6.45, 7) is 1.36. The fraction of sp³-hybridized carbons (Fsp3) is 1.00. The minimum absolute atomic E-state index is 0.0571. The van der Waals surface area contributed by atoms with Gasteiger partial charge in [-0.1, -0.05) is 0 Å². The lowest BCUT2D eigenvalue weighted by atomic mass is 9.80. The van der Waals surface area contributed by atoms with E-state index in [9.17, 15) is 8.78 Å². The molecule has 0 bridgehead atoms. The summed E-state index contributed by atoms with van der Waals surface area (Å²) < 4.78 is 37.4. The Morgan fingerprint density at radius 3 is 2.76 bits per heavy atom. The normalized spacial score (nSPS) is 45.5. The molecule has 2 saturated carbocycles. The third-order valence-electron chi connectivity index (χ3n) is 4.51. The summed E-state index contributed by atoms with van der Waals surface area (Å²) in [6.07, 6.45) is 2.53. The molecule has 0 aromatic carbocycles. The average molecular weight is 247 g/mol. The molecule has 98 valence electrons. The lowest BCUT2D eigenvalue weighted by Gasteiger charge is -2.31. The number of nitrogens with one attached hydrogen (secondary N) is 1. The van der Waals surface area contributed by atoms with Crippen molar-refractivity contribution >= 4 is 0 Å². The van der Waals surface area contributed by atoms with Crippen LogP contribution < -0.4 is 5.32 Å². The molecule has 5 heteroatoms. The standard InChI is InChI=1S/C12H19F2NO2/c13-12(14)2-1-9-3-11(4-10(9)5-12)6-16-8-17-7-15-11/h9-10,15H,1-8H2/t9-,10+,11?/m0/s1. The van der Waals surface area contributed by atoms with Crippen LogP contribution in [0, 0.1) is 11.8 Å². The minimum Gasteiger partial charge on any atom is -0.353 e. The maximum absolute atomic E-state index is 13.4. The van der Waals surface area contributed by atoms with E-state index in [1.54, 1.807) is 0 Å². The predicted octanol–water partition coefficient (Wildman–Crippen LogP) is 2.12. The zero-order valence-corrected chi connectivity index (χ0v) is 9.88. The zero-order valence-electron chi connectivity index (χ0n) is 9.88. The van der Waals surface area contributed by atoms with Crippen LogP contribution in [0.5, 0.6) is 0 Å². The monoisotopic (exact) mass is 247 g/mol. The smallest absolute Gasteiger partial charge is 0.248 e. The van der Waals surface area contributed by atoms with Gasteiger partial charge in [0.15, 0.2) is 0 Å². The van der Waals surface area contributed by atoms with E-state index in [4.69, 9.17) is 9.47 Å². The summed E-state index contributed by atoms with van der Waals surface area (Å²) in [6, 6.07) is 0. The zero-order chi connectivity index (χ0) is 11.9. The van der Waals surface area contributed by atoms with Crippen LogP contribution in [0.1, 0.15) is 32.1 Å². The molecule has 3 rings (SSSR count). The van der Waals surface area contributed by atoms with Gasteiger partial charge >= 0.3 is 0 Å². The van der Waals surface area contributed by atoms with Gasteiger partial charge in [-0.25, -0.2) is 8.78 Å². The Bertz CT molecular complexity index is 290. The highest BCUT2D eigenvalue weighted by atomic mass is 19.3. The van der Waals surface area contributed by atoms with Gasteiger partial charge in [0.1, 0.15) is 6.79 Å². The molecule has 1 spiro atoms. The second-order valence-corrected chi connectivity index (χ2v) is 5.80. The molecule has 1 unspecified atom stereocenters. The molecular formula is C12H19F2NO2. The Balaban J connectivity index is 1.71. The molecule has 2 aliphatic carbocycles. The topological polar surface area (TPSA) is 30.5 Å². The molecule has 1 aliphatic heterocycles. The molecule has 0 radical (unpaired) electrons. The second kappa shape index (κ2) is 4.14. The van der Waals surface area contributed by atoms with Crippen LogP contribution in [0.4, 0.5) is 8.78 Å². The van der Waals surface area contributed by atoms with Gasteiger partial charge in [0.05, 0.1) is 13.3 Å². The van der Waals surface area contributed by atoms with Gasteiger partial charge < -0.3 is 9.47 Å². The van der Waals surface area contributed by atoms with Crippen LogP contribution in [0.15, 0.2) is 0 Å². The van der Waals surface area contributed by atoms with E-state index in [1.165, 1.54) is 0 Å². The summed E-state index contributed by atoms with van der Waals surface area (Å²) >= 11 is 0. The lowest BCUT2D eigenvalue weighted by molar-refractivity contribution is -0.0636. The Labute approximate surface area is 99.8 Å². The third kappa shape index (κ3) is 2.33. The van der Waals surface area contributed by atoms with Crippen LogP contribution in [0.3, 0.4) is 0 Å². The van der Waals surface area contributed by atoms with Crippen molar-refractivity contribution in [3.63, 3.8) is 0 Å². The number of hydrogen-bond donors (Lipinski definition) is 1. The molecule has 0 amide bonds. The van der Waals surface area contributed by atoms with Crippen LogP contribution >= 0.6 is 0 Å². The molecule has 3 nitrogen and oxygen atoms in total. The number of fused-ring (bicyclic) bond motifs is 1. The van der Waals surface area contributed by atoms with E-state index >= 15 is 0 Å². The molecule has 0 aromatic rings. The van der Waals surface area contributed by atoms with Crippen molar-refractivity contribution in [1.29, 1.82) is 0 Å². The first-order valence-corrected chi connectivity index (χ1v) is 6.37. The largest absolute Gasteiger partial charge is 0.353 e. The van der Waals surface area contributed by atoms with E-state index in [-0.39, 0.29) is 24.3 Å². The van der Waals surface area contributed by atoms with Gasteiger partial charge in [-0.2, -0.15) is 0 Å². The lowest BCUT2D eigenvalue weighted by Crippen LogP contribution is -2.46. The molecule has 17 heavy (non-hydrogen) atoms. The molecular weight excluding hydrogens is 228 g/mol. The average Bonchev–Trinajstić information content (AvgIpc) is 2.42. The van der Waals surface area contributed by atoms with Crippen molar-refractivity contribution in [2.75, 3.05) is 20.1 Å². The molecule has 1 heterocycles. The number of ether oxygens (including phenoxy) is 2. The first-order valence-electron chi connectivity index (χ1n) is 6.37. The Morgan fingerprint density at radius 2 is 1.88 bits per heavy atom. The van der Waals surface area contributed by atoms with Crippen molar-refractivity contribution in [3.8, 4) is 0 Å². The quantitative estimate of drug-likeness (QED) is 0.711. The highest BCUT2D eigenvalue weighted by Crippen LogP contribution is 2.51. The van der Waals surface area contributed by atoms with Crippen LogP contribution in [0.2, 0.25) is 0 Å². The molecule has 3 fully saturated rings. The van der Waals surface area contributed by atoms with Gasteiger partial charge in [-0.3, -0.25) is 5.32 Å². The van der Waals surface area contributed by atoms with Crippen molar-refractivity contribution < 1.29 is 18.3 Å². The molecule has 3 aliphatic rings. The summed E-state index contributed by atoms with van der Waals surface area (Å²) in [4.78, 5) is 0. The number of halogens is 2. The Morgan fingerprint density at radius 1 is 1.06 bits per heavy atom. The number of hydrogen-bond acceptors (Lipinski definition) is 3. The SMILES string of the molecule is FC1(F)CC[C@H]2CC3(COCOCN3)C[C@@H]2C1. The minimum atomic E-state index is -2.45. The highest BCUT2D eigenvalue weighted by molar-refractivity contribution is 5.03. The van der Waals surface area contributed by atoms with Crippen molar-refractivity contribution in [3.05, 3.63) is 0 Å². The maximum atomic E-state index is 13.4. The molecule has 1 N–H and O–H groups in total. The van der Waals surface area contributed by atoms with Crippen molar-refractivity contribution in [2.45, 2.75) is 43.6 Å². The first-order chi connectivity index (χ1) is 8.09. The number of alkyl halides is 2. The Kier molecular flexibility index (Phi) is 2.88. The summed E-state index contributed by atoms with van der Waals surface area (Å²) in [5, 5.41) is 3.35. The third-order valence-corrected chi connectivity index (χ3v) is 4.51. The van der Waals surface area contributed by atoms with Crippen molar-refractivity contribution in [2.24, 2.45) is 11.8 Å². The number of rotatable bonds is 0. The molecule has 0 aromatic heterocycles. The fourth-order valence-electron chi connectivity index (χ4n) is 3.73. The Hall–Kier alpha value is -0.260. The van der Waals surface area contributed by atoms with Crippen LogP contribution in [-0.2, 0) is 9.47 Å². The van der Waals surface area contributed by atoms with Gasteiger partial charge in [0, 0.05) is 18.4 Å². The van der Waals surface area contributed by atoms with Crippen LogP contribution in [0.25, 0.3) is 0 Å². The van der Waals surface area contributed by atoms with Gasteiger partial charge in [0.25, 0.3) is 0 Å².